The molecule has 2 aromatic carbocycles. The van der Waals surface area contributed by atoms with Gasteiger partial charge in [0.15, 0.2) is 12.0 Å². The number of fused-ring (bicyclic) bond motifs is 1. The molecule has 1 aromatic heterocycles. The highest BCUT2D eigenvalue weighted by Gasteiger charge is 2.41. The standard InChI is InChI=1S/C21H18F4N2O4S.2C2H6/c1-27(10-13-5-7-14(22)8-6-13)11-16-17(12-28)20(31-32(29)21(23,24)25)18-15(19(16)30-2)4-3-9-26-18;2*1-2/h3-9,12H,10-11H2,1-2H3;2*1-2H3. The third-order valence-corrected chi connectivity index (χ3v) is 5.27. The van der Waals surface area contributed by atoms with Crippen molar-refractivity contribution in [2.45, 2.75) is 46.3 Å². The van der Waals surface area contributed by atoms with Crippen molar-refractivity contribution < 1.29 is 35.5 Å². The molecule has 3 rings (SSSR count). The Morgan fingerprint density at radius 2 is 1.64 bits per heavy atom. The van der Waals surface area contributed by atoms with Crippen LogP contribution < -0.4 is 8.92 Å². The Labute approximate surface area is 210 Å². The molecule has 1 heterocycles. The summed E-state index contributed by atoms with van der Waals surface area (Å²) in [6.45, 7) is 8.41. The number of halogens is 4. The van der Waals surface area contributed by atoms with E-state index in [2.05, 4.69) is 4.98 Å². The molecule has 36 heavy (non-hydrogen) atoms. The Hall–Kier alpha value is -3.05. The number of rotatable bonds is 8. The van der Waals surface area contributed by atoms with Gasteiger partial charge in [0, 0.05) is 30.2 Å². The van der Waals surface area contributed by atoms with E-state index in [1.807, 2.05) is 27.7 Å². The summed E-state index contributed by atoms with van der Waals surface area (Å²) in [6.07, 6.45) is 1.63. The molecular formula is C25H30F4N2O4S. The molecule has 0 bridgehead atoms. The minimum Gasteiger partial charge on any atom is -0.496 e. The summed E-state index contributed by atoms with van der Waals surface area (Å²) in [6, 6.07) is 8.88. The van der Waals surface area contributed by atoms with Crippen molar-refractivity contribution in [3.05, 3.63) is 65.1 Å². The number of aromatic nitrogens is 1. The summed E-state index contributed by atoms with van der Waals surface area (Å²) >= 11 is -3.71. The van der Waals surface area contributed by atoms with Gasteiger partial charge in [-0.25, -0.2) is 8.60 Å². The Morgan fingerprint density at radius 3 is 2.17 bits per heavy atom. The van der Waals surface area contributed by atoms with Crippen LogP contribution in [0.5, 0.6) is 11.5 Å². The maximum absolute atomic E-state index is 13.2. The number of hydrogen-bond donors (Lipinski definition) is 0. The number of aldehydes is 1. The highest BCUT2D eigenvalue weighted by Crippen LogP contribution is 2.41. The zero-order valence-corrected chi connectivity index (χ0v) is 21.8. The number of alkyl halides is 3. The molecule has 0 amide bonds. The summed E-state index contributed by atoms with van der Waals surface area (Å²) in [4.78, 5) is 17.7. The lowest BCUT2D eigenvalue weighted by molar-refractivity contribution is -0.0437. The molecule has 0 radical (unpaired) electrons. The molecule has 3 aromatic rings. The van der Waals surface area contributed by atoms with E-state index in [4.69, 9.17) is 8.92 Å². The number of ether oxygens (including phenoxy) is 1. The SMILES string of the molecule is CC.CC.COc1c(CN(C)Cc2ccc(F)cc2)c(C=O)c(OS(=O)C(F)(F)F)c2ncccc12. The summed E-state index contributed by atoms with van der Waals surface area (Å²) in [5.41, 5.74) is -4.48. The van der Waals surface area contributed by atoms with Crippen molar-refractivity contribution in [2.75, 3.05) is 14.2 Å². The van der Waals surface area contributed by atoms with E-state index in [0.29, 0.717) is 18.2 Å². The maximum atomic E-state index is 13.2. The fourth-order valence-corrected chi connectivity index (χ4v) is 3.68. The number of pyridine rings is 1. The molecule has 0 spiro atoms. The Morgan fingerprint density at radius 1 is 1.03 bits per heavy atom. The highest BCUT2D eigenvalue weighted by atomic mass is 32.2. The zero-order chi connectivity index (χ0) is 27.5. The van der Waals surface area contributed by atoms with Gasteiger partial charge in [-0.1, -0.05) is 39.8 Å². The van der Waals surface area contributed by atoms with Crippen LogP contribution in [0.2, 0.25) is 0 Å². The monoisotopic (exact) mass is 530 g/mol. The smallest absolute Gasteiger partial charge is 0.496 e. The average molecular weight is 531 g/mol. The molecular weight excluding hydrogens is 500 g/mol. The van der Waals surface area contributed by atoms with Gasteiger partial charge < -0.3 is 8.92 Å². The second-order valence-corrected chi connectivity index (χ2v) is 7.93. The third kappa shape index (κ3) is 7.72. The molecule has 1 unspecified atom stereocenters. The maximum Gasteiger partial charge on any atom is 0.508 e. The van der Waals surface area contributed by atoms with Crippen molar-refractivity contribution in [3.63, 3.8) is 0 Å². The van der Waals surface area contributed by atoms with Gasteiger partial charge in [-0.3, -0.25) is 14.7 Å². The van der Waals surface area contributed by atoms with Crippen LogP contribution in [0.4, 0.5) is 17.6 Å². The predicted molar refractivity (Wildman–Crippen MR) is 133 cm³/mol. The van der Waals surface area contributed by atoms with E-state index in [1.54, 1.807) is 36.2 Å². The molecule has 0 fully saturated rings. The van der Waals surface area contributed by atoms with E-state index in [1.165, 1.54) is 25.4 Å². The van der Waals surface area contributed by atoms with Crippen LogP contribution in [0.1, 0.15) is 49.2 Å². The fraction of sp³-hybridized carbons (Fsp3) is 0.360. The van der Waals surface area contributed by atoms with E-state index in [0.717, 1.165) is 5.56 Å². The van der Waals surface area contributed by atoms with Gasteiger partial charge in [0.25, 0.3) is 0 Å². The molecule has 11 heteroatoms. The lowest BCUT2D eigenvalue weighted by Crippen LogP contribution is -2.23. The zero-order valence-electron chi connectivity index (χ0n) is 21.0. The van der Waals surface area contributed by atoms with Gasteiger partial charge in [0.05, 0.1) is 12.7 Å². The van der Waals surface area contributed by atoms with E-state index < -0.39 is 22.3 Å². The van der Waals surface area contributed by atoms with E-state index in [-0.39, 0.29) is 34.8 Å². The van der Waals surface area contributed by atoms with Gasteiger partial charge in [-0.2, -0.15) is 13.2 Å². The first-order valence-electron chi connectivity index (χ1n) is 11.2. The molecule has 0 saturated heterocycles. The van der Waals surface area contributed by atoms with Crippen molar-refractivity contribution in [3.8, 4) is 11.5 Å². The van der Waals surface area contributed by atoms with Crippen LogP contribution in [0.15, 0.2) is 42.6 Å². The van der Waals surface area contributed by atoms with E-state index in [9.17, 15) is 26.6 Å². The van der Waals surface area contributed by atoms with Crippen molar-refractivity contribution in [1.29, 1.82) is 0 Å². The third-order valence-electron chi connectivity index (χ3n) is 4.58. The number of hydrogen-bond acceptors (Lipinski definition) is 6. The Balaban J connectivity index is 0.00000154. The number of nitrogens with zero attached hydrogens (tertiary/aromatic N) is 2. The number of carbonyl (C=O) groups is 1. The van der Waals surface area contributed by atoms with Gasteiger partial charge in [0.1, 0.15) is 17.1 Å². The molecule has 1 atom stereocenters. The quantitative estimate of drug-likeness (QED) is 0.247. The second kappa shape index (κ2) is 14.5. The number of methoxy groups -OCH3 is 1. The lowest BCUT2D eigenvalue weighted by atomic mass is 10.0. The van der Waals surface area contributed by atoms with Crippen molar-refractivity contribution in [1.82, 2.24) is 9.88 Å². The second-order valence-electron chi connectivity index (χ2n) is 6.83. The largest absolute Gasteiger partial charge is 0.508 e. The first kappa shape index (κ1) is 31.0. The highest BCUT2D eigenvalue weighted by molar-refractivity contribution is 7.81. The van der Waals surface area contributed by atoms with Crippen LogP contribution in [0, 0.1) is 5.82 Å². The molecule has 198 valence electrons. The first-order valence-corrected chi connectivity index (χ1v) is 12.3. The number of benzene rings is 2. The molecule has 0 saturated carbocycles. The average Bonchev–Trinajstić information content (AvgIpc) is 2.87. The number of carbonyl (C=O) groups excluding carboxylic acids is 1. The summed E-state index contributed by atoms with van der Waals surface area (Å²) in [5, 5.41) is 0.292. The van der Waals surface area contributed by atoms with Gasteiger partial charge in [-0.15, -0.1) is 0 Å². The predicted octanol–water partition coefficient (Wildman–Crippen LogP) is 6.44. The Kier molecular flexibility index (Phi) is 12.5. The summed E-state index contributed by atoms with van der Waals surface area (Å²) in [7, 11) is 3.06. The van der Waals surface area contributed by atoms with Crippen molar-refractivity contribution in [2.24, 2.45) is 0 Å². The topological polar surface area (TPSA) is 68.7 Å². The first-order chi connectivity index (χ1) is 17.2. The van der Waals surface area contributed by atoms with Crippen LogP contribution in [0.3, 0.4) is 0 Å². The normalized spacial score (nSPS) is 11.6. The molecule has 6 nitrogen and oxygen atoms in total. The van der Waals surface area contributed by atoms with Gasteiger partial charge >= 0.3 is 16.6 Å². The Bertz CT molecular complexity index is 1160. The van der Waals surface area contributed by atoms with Gasteiger partial charge in [-0.05, 0) is 36.9 Å². The summed E-state index contributed by atoms with van der Waals surface area (Å²) < 4.78 is 73.7. The van der Waals surface area contributed by atoms with Crippen LogP contribution >= 0.6 is 0 Å². The van der Waals surface area contributed by atoms with Crippen LogP contribution in [0.25, 0.3) is 10.9 Å². The van der Waals surface area contributed by atoms with E-state index >= 15 is 0 Å². The fourth-order valence-electron chi connectivity index (χ4n) is 3.27. The lowest BCUT2D eigenvalue weighted by Gasteiger charge is -2.22. The molecule has 0 N–H and O–H groups in total. The minimum atomic E-state index is -5.15. The minimum absolute atomic E-state index is 0.0640. The van der Waals surface area contributed by atoms with Crippen LogP contribution in [-0.4, -0.2) is 40.0 Å². The summed E-state index contributed by atoms with van der Waals surface area (Å²) in [5.74, 6) is -0.702. The van der Waals surface area contributed by atoms with Gasteiger partial charge in [0.2, 0.25) is 0 Å². The van der Waals surface area contributed by atoms with Crippen molar-refractivity contribution >= 4 is 28.3 Å². The van der Waals surface area contributed by atoms with Crippen LogP contribution in [-0.2, 0) is 24.2 Å². The molecule has 0 aliphatic rings. The molecule has 0 aliphatic carbocycles. The molecule has 0 aliphatic heterocycles.